The number of fused-ring (bicyclic) bond motifs is 2. The number of nitrogens with zero attached hydrogens (tertiary/aromatic N) is 5. The first-order chi connectivity index (χ1) is 13.9. The molecule has 0 N–H and O–H groups in total. The number of hydrogen-bond acceptors (Lipinski definition) is 7. The van der Waals surface area contributed by atoms with E-state index in [1.807, 2.05) is 6.92 Å². The summed E-state index contributed by atoms with van der Waals surface area (Å²) < 4.78 is 40.3. The van der Waals surface area contributed by atoms with Gasteiger partial charge in [0.25, 0.3) is 6.01 Å². The SMILES string of the molecule is C[C@]1(CN2CCc3nc(-c4ccc(F)c(F)c4)oc3C2)Cn2cc(N=O)nc2O1. The summed E-state index contributed by atoms with van der Waals surface area (Å²) in [6.07, 6.45) is 2.26. The highest BCUT2D eigenvalue weighted by atomic mass is 19.2. The minimum atomic E-state index is -0.933. The number of imidazole rings is 1. The van der Waals surface area contributed by atoms with Crippen LogP contribution in [-0.2, 0) is 19.5 Å². The van der Waals surface area contributed by atoms with Gasteiger partial charge >= 0.3 is 0 Å². The Balaban J connectivity index is 1.30. The molecule has 29 heavy (non-hydrogen) atoms. The molecule has 0 bridgehead atoms. The van der Waals surface area contributed by atoms with E-state index in [4.69, 9.17) is 9.15 Å². The van der Waals surface area contributed by atoms with Crippen molar-refractivity contribution in [1.29, 1.82) is 0 Å². The average molecular weight is 401 g/mol. The van der Waals surface area contributed by atoms with Crippen LogP contribution in [0.25, 0.3) is 11.5 Å². The first-order valence-corrected chi connectivity index (χ1v) is 9.18. The van der Waals surface area contributed by atoms with Gasteiger partial charge in [-0.05, 0) is 30.3 Å². The van der Waals surface area contributed by atoms with Crippen LogP contribution in [0.2, 0.25) is 0 Å². The van der Waals surface area contributed by atoms with Crippen LogP contribution >= 0.6 is 0 Å². The van der Waals surface area contributed by atoms with E-state index in [9.17, 15) is 13.7 Å². The van der Waals surface area contributed by atoms with E-state index in [2.05, 4.69) is 20.0 Å². The third-order valence-corrected chi connectivity index (χ3v) is 5.20. The van der Waals surface area contributed by atoms with Gasteiger partial charge in [0.1, 0.15) is 11.4 Å². The summed E-state index contributed by atoms with van der Waals surface area (Å²) in [5.74, 6) is -0.735. The fraction of sp³-hybridized carbons (Fsp3) is 0.368. The van der Waals surface area contributed by atoms with Gasteiger partial charge in [-0.25, -0.2) is 13.8 Å². The Labute approximate surface area is 164 Å². The van der Waals surface area contributed by atoms with Gasteiger partial charge in [-0.1, -0.05) is 0 Å². The molecule has 2 aliphatic heterocycles. The van der Waals surface area contributed by atoms with Crippen LogP contribution in [-0.4, -0.2) is 38.1 Å². The Kier molecular flexibility index (Phi) is 3.98. The lowest BCUT2D eigenvalue weighted by Crippen LogP contribution is -2.46. The molecule has 5 rings (SSSR count). The smallest absolute Gasteiger partial charge is 0.299 e. The van der Waals surface area contributed by atoms with Crippen molar-refractivity contribution < 1.29 is 17.9 Å². The van der Waals surface area contributed by atoms with Crippen molar-refractivity contribution in [3.05, 3.63) is 52.4 Å². The number of nitroso groups, excluding NO2 is 1. The van der Waals surface area contributed by atoms with Crippen molar-refractivity contribution in [2.75, 3.05) is 13.1 Å². The molecule has 0 aliphatic carbocycles. The summed E-state index contributed by atoms with van der Waals surface area (Å²) in [4.78, 5) is 21.3. The lowest BCUT2D eigenvalue weighted by atomic mass is 10.0. The van der Waals surface area contributed by atoms with Crippen molar-refractivity contribution in [3.63, 3.8) is 0 Å². The maximum Gasteiger partial charge on any atom is 0.299 e. The summed E-state index contributed by atoms with van der Waals surface area (Å²) >= 11 is 0. The van der Waals surface area contributed by atoms with E-state index < -0.39 is 17.2 Å². The largest absolute Gasteiger partial charge is 0.455 e. The quantitative estimate of drug-likeness (QED) is 0.623. The Hall–Kier alpha value is -3.14. The van der Waals surface area contributed by atoms with E-state index in [1.165, 1.54) is 6.07 Å². The molecule has 0 unspecified atom stereocenters. The molecule has 2 aromatic heterocycles. The maximum absolute atomic E-state index is 13.5. The zero-order chi connectivity index (χ0) is 20.2. The normalized spacial score (nSPS) is 20.9. The predicted molar refractivity (Wildman–Crippen MR) is 97.6 cm³/mol. The highest BCUT2D eigenvalue weighted by Crippen LogP contribution is 2.33. The number of rotatable bonds is 4. The molecule has 0 radical (unpaired) electrons. The second-order valence-corrected chi connectivity index (χ2v) is 7.63. The van der Waals surface area contributed by atoms with Crippen LogP contribution < -0.4 is 4.74 Å². The standard InChI is InChI=1S/C19H17F2N5O3/c1-19(10-26-8-16(24-27)23-18(26)29-19)9-25-5-4-14-15(7-25)28-17(22-14)11-2-3-12(20)13(21)6-11/h2-3,6,8H,4-5,7,9-10H2,1H3/t19-/m0/s1. The Morgan fingerprint density at radius 1 is 1.28 bits per heavy atom. The zero-order valence-electron chi connectivity index (χ0n) is 15.6. The highest BCUT2D eigenvalue weighted by molar-refractivity contribution is 5.54. The van der Waals surface area contributed by atoms with Gasteiger partial charge in [0, 0.05) is 25.1 Å². The molecule has 1 atom stereocenters. The molecule has 10 heteroatoms. The van der Waals surface area contributed by atoms with Gasteiger partial charge in [-0.3, -0.25) is 9.47 Å². The lowest BCUT2D eigenvalue weighted by Gasteiger charge is -2.32. The van der Waals surface area contributed by atoms with Gasteiger partial charge < -0.3 is 9.15 Å². The second-order valence-electron chi connectivity index (χ2n) is 7.63. The number of benzene rings is 1. The number of aromatic nitrogens is 3. The molecular weight excluding hydrogens is 384 g/mol. The topological polar surface area (TPSA) is 85.8 Å². The molecule has 2 aliphatic rings. The van der Waals surface area contributed by atoms with Crippen LogP contribution in [0.15, 0.2) is 34.0 Å². The lowest BCUT2D eigenvalue weighted by molar-refractivity contribution is 0.0497. The summed E-state index contributed by atoms with van der Waals surface area (Å²) in [5, 5.41) is 2.82. The van der Waals surface area contributed by atoms with Crippen molar-refractivity contribution >= 4 is 5.82 Å². The van der Waals surface area contributed by atoms with Crippen molar-refractivity contribution in [1.82, 2.24) is 19.4 Å². The molecule has 0 saturated carbocycles. The average Bonchev–Trinajstić information content (AvgIpc) is 3.34. The fourth-order valence-electron chi connectivity index (χ4n) is 3.93. The molecule has 1 aromatic carbocycles. The van der Waals surface area contributed by atoms with E-state index in [0.29, 0.717) is 43.4 Å². The van der Waals surface area contributed by atoms with Crippen LogP contribution in [0.1, 0.15) is 18.4 Å². The Morgan fingerprint density at radius 2 is 2.14 bits per heavy atom. The number of halogens is 2. The number of hydrogen-bond donors (Lipinski definition) is 0. The summed E-state index contributed by atoms with van der Waals surface area (Å²) in [6, 6.07) is 3.99. The van der Waals surface area contributed by atoms with Gasteiger partial charge in [0.2, 0.25) is 11.7 Å². The van der Waals surface area contributed by atoms with Crippen LogP contribution in [0.4, 0.5) is 14.6 Å². The summed E-state index contributed by atoms with van der Waals surface area (Å²) in [7, 11) is 0. The minimum absolute atomic E-state index is 0.107. The van der Waals surface area contributed by atoms with Crippen molar-refractivity contribution in [2.45, 2.75) is 32.0 Å². The summed E-state index contributed by atoms with van der Waals surface area (Å²) in [6.45, 7) is 4.47. The van der Waals surface area contributed by atoms with Gasteiger partial charge in [0.05, 0.1) is 25.0 Å². The molecule has 0 fully saturated rings. The van der Waals surface area contributed by atoms with Crippen molar-refractivity contribution in [3.8, 4) is 17.5 Å². The molecule has 150 valence electrons. The Morgan fingerprint density at radius 3 is 2.90 bits per heavy atom. The first-order valence-electron chi connectivity index (χ1n) is 9.18. The van der Waals surface area contributed by atoms with Crippen molar-refractivity contribution in [2.24, 2.45) is 5.18 Å². The molecule has 0 spiro atoms. The molecule has 3 aromatic rings. The van der Waals surface area contributed by atoms with Crippen LogP contribution in [0, 0.1) is 16.5 Å². The number of ether oxygens (including phenoxy) is 1. The third kappa shape index (κ3) is 3.19. The van der Waals surface area contributed by atoms with E-state index in [0.717, 1.165) is 24.4 Å². The first kappa shape index (κ1) is 17.9. The molecule has 4 heterocycles. The number of oxazole rings is 1. The highest BCUT2D eigenvalue weighted by Gasteiger charge is 2.39. The van der Waals surface area contributed by atoms with Gasteiger partial charge in [-0.15, -0.1) is 4.91 Å². The van der Waals surface area contributed by atoms with Crippen LogP contribution in [0.5, 0.6) is 6.01 Å². The molecular formula is C19H17F2N5O3. The second kappa shape index (κ2) is 6.45. The monoisotopic (exact) mass is 401 g/mol. The van der Waals surface area contributed by atoms with E-state index in [1.54, 1.807) is 10.8 Å². The molecule has 0 saturated heterocycles. The summed E-state index contributed by atoms with van der Waals surface area (Å²) in [5.41, 5.74) is 0.735. The van der Waals surface area contributed by atoms with E-state index >= 15 is 0 Å². The molecule has 8 nitrogen and oxygen atoms in total. The molecule has 0 amide bonds. The van der Waals surface area contributed by atoms with Gasteiger partial charge in [0.15, 0.2) is 11.6 Å². The maximum atomic E-state index is 13.5. The third-order valence-electron chi connectivity index (χ3n) is 5.20. The zero-order valence-corrected chi connectivity index (χ0v) is 15.6. The fourth-order valence-corrected chi connectivity index (χ4v) is 3.93. The minimum Gasteiger partial charge on any atom is -0.455 e. The van der Waals surface area contributed by atoms with Crippen LogP contribution in [0.3, 0.4) is 0 Å². The van der Waals surface area contributed by atoms with Gasteiger partial charge in [-0.2, -0.15) is 4.98 Å². The Bertz CT molecular complexity index is 1090. The predicted octanol–water partition coefficient (Wildman–Crippen LogP) is 3.42. The van der Waals surface area contributed by atoms with E-state index in [-0.39, 0.29) is 11.7 Å².